The van der Waals surface area contributed by atoms with E-state index in [1.54, 1.807) is 0 Å². The average molecular weight is 451 g/mol. The van der Waals surface area contributed by atoms with Crippen molar-refractivity contribution in [2.45, 2.75) is 77.5 Å². The second kappa shape index (κ2) is 9.68. The van der Waals surface area contributed by atoms with E-state index in [-0.39, 0.29) is 23.4 Å². The molecule has 0 N–H and O–H groups in total. The zero-order valence-electron chi connectivity index (χ0n) is 20.9. The second-order valence-electron chi connectivity index (χ2n) is 10.7. The van der Waals surface area contributed by atoms with Gasteiger partial charge in [0.15, 0.2) is 0 Å². The molecule has 172 valence electrons. The third-order valence-electron chi connectivity index (χ3n) is 6.82. The molecule has 2 aromatic rings. The maximum Gasteiger partial charge on any atom is 0.486 e. The van der Waals surface area contributed by atoms with Crippen molar-refractivity contribution in [2.75, 3.05) is 6.61 Å². The van der Waals surface area contributed by atoms with Crippen molar-refractivity contribution in [2.24, 2.45) is 0 Å². The van der Waals surface area contributed by atoms with Crippen LogP contribution in [-0.4, -0.2) is 33.2 Å². The van der Waals surface area contributed by atoms with Crippen molar-refractivity contribution < 1.29 is 13.7 Å². The molecule has 0 radical (unpaired) electrons. The van der Waals surface area contributed by atoms with Crippen molar-refractivity contribution in [3.8, 4) is 0 Å². The lowest BCUT2D eigenvalue weighted by Gasteiger charge is -2.43. The van der Waals surface area contributed by atoms with E-state index in [0.29, 0.717) is 0 Å². The summed E-state index contributed by atoms with van der Waals surface area (Å²) in [7, 11) is -2.73. The van der Waals surface area contributed by atoms with Gasteiger partial charge in [0.25, 0.3) is 8.32 Å². The Hall–Kier alpha value is -1.66. The molecular formula is C27H39BO3Si. The fourth-order valence-electron chi connectivity index (χ4n) is 4.36. The summed E-state index contributed by atoms with van der Waals surface area (Å²) in [5.41, 5.74) is -0.594. The van der Waals surface area contributed by atoms with Crippen LogP contribution in [0.5, 0.6) is 0 Å². The minimum absolute atomic E-state index is 0.00817. The molecule has 3 rings (SSSR count). The fourth-order valence-corrected chi connectivity index (χ4v) is 8.97. The van der Waals surface area contributed by atoms with E-state index in [2.05, 4.69) is 115 Å². The number of hydrogen-bond acceptors (Lipinski definition) is 3. The monoisotopic (exact) mass is 450 g/mol. The molecule has 1 aliphatic rings. The normalized spacial score (nSPS) is 18.4. The number of benzene rings is 2. The number of unbranched alkanes of at least 4 members (excludes halogenated alkanes) is 1. The molecule has 0 amide bonds. The van der Waals surface area contributed by atoms with Gasteiger partial charge in [0.2, 0.25) is 0 Å². The summed E-state index contributed by atoms with van der Waals surface area (Å²) in [4.78, 5) is 0. The zero-order valence-corrected chi connectivity index (χ0v) is 21.9. The SMILES string of the molecule is CC1(C)OB(/C=C/CCCO[Si](c2ccccc2)(c2ccccc2)C(C)(C)C)OC1(C)C. The van der Waals surface area contributed by atoms with Crippen LogP contribution in [0.1, 0.15) is 61.3 Å². The van der Waals surface area contributed by atoms with Crippen LogP contribution in [0.2, 0.25) is 5.04 Å². The number of hydrogen-bond donors (Lipinski definition) is 0. The highest BCUT2D eigenvalue weighted by molar-refractivity contribution is 6.99. The third kappa shape index (κ3) is 5.12. The first-order valence-corrected chi connectivity index (χ1v) is 13.7. The molecule has 3 nitrogen and oxygen atoms in total. The molecule has 1 saturated heterocycles. The van der Waals surface area contributed by atoms with E-state index in [4.69, 9.17) is 13.7 Å². The van der Waals surface area contributed by atoms with Gasteiger partial charge < -0.3 is 13.7 Å². The molecule has 1 fully saturated rings. The molecule has 0 unspecified atom stereocenters. The molecule has 0 aromatic heterocycles. The first-order chi connectivity index (χ1) is 15.0. The van der Waals surface area contributed by atoms with Gasteiger partial charge in [-0.05, 0) is 55.9 Å². The van der Waals surface area contributed by atoms with Crippen LogP contribution in [0, 0.1) is 0 Å². The average Bonchev–Trinajstić information content (AvgIpc) is 2.94. The van der Waals surface area contributed by atoms with Crippen LogP contribution < -0.4 is 10.4 Å². The molecular weight excluding hydrogens is 411 g/mol. The highest BCUT2D eigenvalue weighted by Crippen LogP contribution is 2.38. The molecule has 0 bridgehead atoms. The third-order valence-corrected chi connectivity index (χ3v) is 11.9. The summed E-state index contributed by atoms with van der Waals surface area (Å²) in [6.45, 7) is 16.0. The maximum atomic E-state index is 6.95. The van der Waals surface area contributed by atoms with Gasteiger partial charge in [0.05, 0.1) is 11.2 Å². The van der Waals surface area contributed by atoms with Gasteiger partial charge in [0, 0.05) is 6.61 Å². The van der Waals surface area contributed by atoms with E-state index in [1.165, 1.54) is 10.4 Å². The summed E-state index contributed by atoms with van der Waals surface area (Å²) in [5, 5.41) is 2.66. The van der Waals surface area contributed by atoms with E-state index in [1.807, 2.05) is 5.98 Å². The lowest BCUT2D eigenvalue weighted by atomic mass is 9.89. The molecule has 5 heteroatoms. The predicted molar refractivity (Wildman–Crippen MR) is 138 cm³/mol. The van der Waals surface area contributed by atoms with Gasteiger partial charge in [-0.3, -0.25) is 0 Å². The van der Waals surface area contributed by atoms with Gasteiger partial charge in [-0.1, -0.05) is 93.5 Å². The van der Waals surface area contributed by atoms with Crippen LogP contribution in [0.4, 0.5) is 0 Å². The number of rotatable bonds is 8. The smallest absolute Gasteiger partial charge is 0.407 e. The summed E-state index contributed by atoms with van der Waals surface area (Å²) in [6.07, 6.45) is 4.06. The maximum absolute atomic E-state index is 6.95. The highest BCUT2D eigenvalue weighted by atomic mass is 28.4. The summed E-state index contributed by atoms with van der Waals surface area (Å²) in [6, 6.07) is 21.6. The lowest BCUT2D eigenvalue weighted by molar-refractivity contribution is 0.00578. The van der Waals surface area contributed by atoms with Crippen LogP contribution in [0.3, 0.4) is 0 Å². The first kappa shape index (κ1) is 25.0. The van der Waals surface area contributed by atoms with Crippen LogP contribution >= 0.6 is 0 Å². The highest BCUT2D eigenvalue weighted by Gasteiger charge is 2.51. The van der Waals surface area contributed by atoms with Crippen LogP contribution in [-0.2, 0) is 13.7 Å². The Bertz CT molecular complexity index is 833. The van der Waals surface area contributed by atoms with Crippen molar-refractivity contribution in [1.29, 1.82) is 0 Å². The molecule has 2 aromatic carbocycles. The van der Waals surface area contributed by atoms with Gasteiger partial charge in [-0.15, -0.1) is 0 Å². The van der Waals surface area contributed by atoms with Gasteiger partial charge in [-0.2, -0.15) is 0 Å². The Morgan fingerprint density at radius 1 is 0.844 bits per heavy atom. The van der Waals surface area contributed by atoms with Crippen molar-refractivity contribution >= 4 is 25.8 Å². The Morgan fingerprint density at radius 3 is 1.75 bits per heavy atom. The largest absolute Gasteiger partial charge is 0.486 e. The van der Waals surface area contributed by atoms with Gasteiger partial charge in [-0.25, -0.2) is 0 Å². The number of allylic oxidation sites excluding steroid dienone is 1. The van der Waals surface area contributed by atoms with Crippen molar-refractivity contribution in [3.63, 3.8) is 0 Å². The molecule has 0 atom stereocenters. The molecule has 0 spiro atoms. The van der Waals surface area contributed by atoms with Crippen molar-refractivity contribution in [1.82, 2.24) is 0 Å². The Morgan fingerprint density at radius 2 is 1.31 bits per heavy atom. The fraction of sp³-hybridized carbons (Fsp3) is 0.481. The quantitative estimate of drug-likeness (QED) is 0.391. The van der Waals surface area contributed by atoms with Crippen LogP contribution in [0.15, 0.2) is 72.7 Å². The Labute approximate surface area is 196 Å². The summed E-state index contributed by atoms with van der Waals surface area (Å²) >= 11 is 0. The van der Waals surface area contributed by atoms with E-state index in [0.717, 1.165) is 19.4 Å². The van der Waals surface area contributed by atoms with Crippen LogP contribution in [0.25, 0.3) is 0 Å². The van der Waals surface area contributed by atoms with E-state index >= 15 is 0 Å². The zero-order chi connectivity index (χ0) is 23.5. The Kier molecular flexibility index (Phi) is 7.56. The van der Waals surface area contributed by atoms with Gasteiger partial charge >= 0.3 is 7.12 Å². The Balaban J connectivity index is 1.70. The molecule has 32 heavy (non-hydrogen) atoms. The topological polar surface area (TPSA) is 27.7 Å². The standard InChI is InChI=1S/C27H39BO3Si/c1-25(2,3)32(23-17-11-8-12-18-23,24-19-13-9-14-20-24)29-22-16-10-15-21-28-30-26(4,5)27(6,7)31-28/h8-9,11-15,17-21H,10,16,22H2,1-7H3/b21-15+. The molecule has 1 heterocycles. The van der Waals surface area contributed by atoms with E-state index in [9.17, 15) is 0 Å². The molecule has 0 aliphatic carbocycles. The van der Waals surface area contributed by atoms with Gasteiger partial charge in [0.1, 0.15) is 0 Å². The minimum atomic E-state index is -2.45. The summed E-state index contributed by atoms with van der Waals surface area (Å²) < 4.78 is 19.1. The molecule has 0 saturated carbocycles. The van der Waals surface area contributed by atoms with E-state index < -0.39 is 8.32 Å². The van der Waals surface area contributed by atoms with Crippen molar-refractivity contribution in [3.05, 3.63) is 72.7 Å². The second-order valence-corrected chi connectivity index (χ2v) is 15.0. The summed E-state index contributed by atoms with van der Waals surface area (Å²) in [5.74, 6) is 2.04. The first-order valence-electron chi connectivity index (χ1n) is 11.8. The lowest BCUT2D eigenvalue weighted by Crippen LogP contribution is -2.66. The molecule has 1 aliphatic heterocycles. The minimum Gasteiger partial charge on any atom is -0.407 e. The predicted octanol–water partition coefficient (Wildman–Crippen LogP) is 5.53.